The van der Waals surface area contributed by atoms with Crippen molar-refractivity contribution in [2.75, 3.05) is 4.72 Å². The van der Waals surface area contributed by atoms with Gasteiger partial charge in [-0.25, -0.2) is 13.4 Å². The Morgan fingerprint density at radius 3 is 2.58 bits per heavy atom. The molecule has 5 nitrogen and oxygen atoms in total. The summed E-state index contributed by atoms with van der Waals surface area (Å²) in [6, 6.07) is 8.62. The SMILES string of the molecule is N#CCc1ccc(NS(=O)(=O)c2cnc(Cl)s2)cc1. The van der Waals surface area contributed by atoms with Gasteiger partial charge in [-0.15, -0.1) is 0 Å². The number of anilines is 1. The van der Waals surface area contributed by atoms with Crippen molar-refractivity contribution in [1.82, 2.24) is 4.98 Å². The molecule has 8 heteroatoms. The number of nitrogens with zero attached hydrogens (tertiary/aromatic N) is 2. The second kappa shape index (κ2) is 5.57. The molecule has 1 heterocycles. The summed E-state index contributed by atoms with van der Waals surface area (Å²) in [4.78, 5) is 3.69. The number of thiazole rings is 1. The number of aromatic nitrogens is 1. The van der Waals surface area contributed by atoms with Gasteiger partial charge in [0.1, 0.15) is 0 Å². The lowest BCUT2D eigenvalue weighted by Gasteiger charge is -2.06. The van der Waals surface area contributed by atoms with E-state index < -0.39 is 10.0 Å². The Kier molecular flexibility index (Phi) is 4.04. The van der Waals surface area contributed by atoms with E-state index in [-0.39, 0.29) is 15.1 Å². The zero-order chi connectivity index (χ0) is 13.9. The minimum atomic E-state index is -3.66. The van der Waals surface area contributed by atoms with Gasteiger partial charge < -0.3 is 0 Å². The molecule has 0 aliphatic heterocycles. The third-order valence-electron chi connectivity index (χ3n) is 2.21. The highest BCUT2D eigenvalue weighted by Gasteiger charge is 2.17. The Hall–Kier alpha value is -1.62. The van der Waals surface area contributed by atoms with E-state index in [1.165, 1.54) is 6.20 Å². The third kappa shape index (κ3) is 3.44. The van der Waals surface area contributed by atoms with Crippen LogP contribution in [-0.4, -0.2) is 13.4 Å². The first-order valence-corrected chi connectivity index (χ1v) is 7.79. The number of sulfonamides is 1. The molecular weight excluding hydrogens is 306 g/mol. The highest BCUT2D eigenvalue weighted by Crippen LogP contribution is 2.24. The molecule has 2 rings (SSSR count). The minimum absolute atomic E-state index is 0.0543. The molecule has 0 saturated carbocycles. The molecule has 1 aromatic carbocycles. The van der Waals surface area contributed by atoms with Gasteiger partial charge in [-0.3, -0.25) is 4.72 Å². The van der Waals surface area contributed by atoms with Crippen molar-refractivity contribution >= 4 is 38.6 Å². The Bertz CT molecular complexity index is 717. The van der Waals surface area contributed by atoms with Gasteiger partial charge >= 0.3 is 0 Å². The van der Waals surface area contributed by atoms with E-state index in [0.717, 1.165) is 16.9 Å². The number of hydrogen-bond donors (Lipinski definition) is 1. The molecule has 2 aromatic rings. The van der Waals surface area contributed by atoms with Crippen molar-refractivity contribution in [2.45, 2.75) is 10.6 Å². The molecule has 0 atom stereocenters. The first-order valence-electron chi connectivity index (χ1n) is 5.11. The molecule has 0 bridgehead atoms. The summed E-state index contributed by atoms with van der Waals surface area (Å²) in [7, 11) is -3.66. The topological polar surface area (TPSA) is 82.9 Å². The van der Waals surface area contributed by atoms with Crippen LogP contribution >= 0.6 is 22.9 Å². The number of hydrogen-bond acceptors (Lipinski definition) is 5. The molecule has 0 radical (unpaired) electrons. The van der Waals surface area contributed by atoms with Gasteiger partial charge in [0, 0.05) is 5.69 Å². The highest BCUT2D eigenvalue weighted by molar-refractivity contribution is 7.94. The quantitative estimate of drug-likeness (QED) is 0.940. The monoisotopic (exact) mass is 313 g/mol. The van der Waals surface area contributed by atoms with Crippen LogP contribution in [0.4, 0.5) is 5.69 Å². The van der Waals surface area contributed by atoms with Crippen molar-refractivity contribution in [3.63, 3.8) is 0 Å². The summed E-state index contributed by atoms with van der Waals surface area (Å²) in [5.41, 5.74) is 1.25. The molecular formula is C11H8ClN3O2S2. The van der Waals surface area contributed by atoms with E-state index in [4.69, 9.17) is 16.9 Å². The number of benzene rings is 1. The van der Waals surface area contributed by atoms with E-state index in [1.54, 1.807) is 24.3 Å². The fraction of sp³-hybridized carbons (Fsp3) is 0.0909. The average molecular weight is 314 g/mol. The molecule has 0 aliphatic rings. The zero-order valence-corrected chi connectivity index (χ0v) is 11.9. The Labute approximate surface area is 119 Å². The second-order valence-electron chi connectivity index (χ2n) is 3.57. The Balaban J connectivity index is 2.19. The van der Waals surface area contributed by atoms with E-state index in [9.17, 15) is 8.42 Å². The van der Waals surface area contributed by atoms with Gasteiger partial charge in [-0.2, -0.15) is 5.26 Å². The maximum Gasteiger partial charge on any atom is 0.273 e. The molecule has 98 valence electrons. The maximum absolute atomic E-state index is 12.0. The molecule has 0 fully saturated rings. The second-order valence-corrected chi connectivity index (χ2v) is 7.09. The molecule has 1 N–H and O–H groups in total. The van der Waals surface area contributed by atoms with Gasteiger partial charge in [-0.1, -0.05) is 35.1 Å². The van der Waals surface area contributed by atoms with Gasteiger partial charge in [0.2, 0.25) is 0 Å². The van der Waals surface area contributed by atoms with Crippen LogP contribution in [0.15, 0.2) is 34.7 Å². The average Bonchev–Trinajstić information content (AvgIpc) is 2.79. The fourth-order valence-corrected chi connectivity index (χ4v) is 3.70. The van der Waals surface area contributed by atoms with Crippen molar-refractivity contribution in [2.24, 2.45) is 0 Å². The van der Waals surface area contributed by atoms with E-state index in [0.29, 0.717) is 5.69 Å². The Morgan fingerprint density at radius 1 is 1.37 bits per heavy atom. The van der Waals surface area contributed by atoms with E-state index in [2.05, 4.69) is 9.71 Å². The molecule has 0 unspecified atom stereocenters. The molecule has 0 saturated heterocycles. The van der Waals surface area contributed by atoms with Crippen LogP contribution in [0.5, 0.6) is 0 Å². The zero-order valence-electron chi connectivity index (χ0n) is 9.50. The largest absolute Gasteiger partial charge is 0.279 e. The van der Waals surface area contributed by atoms with Crippen molar-refractivity contribution < 1.29 is 8.42 Å². The summed E-state index contributed by atoms with van der Waals surface area (Å²) in [5.74, 6) is 0. The summed E-state index contributed by atoms with van der Waals surface area (Å²) in [6.07, 6.45) is 1.50. The normalized spacial score (nSPS) is 10.9. The van der Waals surface area contributed by atoms with Crippen LogP contribution in [0.2, 0.25) is 4.47 Å². The van der Waals surface area contributed by atoms with Crippen LogP contribution < -0.4 is 4.72 Å². The summed E-state index contributed by atoms with van der Waals surface area (Å²) in [6.45, 7) is 0. The minimum Gasteiger partial charge on any atom is -0.279 e. The van der Waals surface area contributed by atoms with Gasteiger partial charge in [0.05, 0.1) is 18.7 Å². The van der Waals surface area contributed by atoms with Crippen molar-refractivity contribution in [3.05, 3.63) is 40.5 Å². The molecule has 1 aromatic heterocycles. The standard InChI is InChI=1S/C11H8ClN3O2S2/c12-11-14-7-10(18-11)19(16,17)15-9-3-1-8(2-4-9)5-6-13/h1-4,7,15H,5H2. The van der Waals surface area contributed by atoms with Crippen molar-refractivity contribution in [1.29, 1.82) is 5.26 Å². The first-order chi connectivity index (χ1) is 9.01. The van der Waals surface area contributed by atoms with Crippen LogP contribution in [0.25, 0.3) is 0 Å². The number of nitrogens with one attached hydrogen (secondary N) is 1. The van der Waals surface area contributed by atoms with Crippen molar-refractivity contribution in [3.8, 4) is 6.07 Å². The lowest BCUT2D eigenvalue weighted by atomic mass is 10.1. The van der Waals surface area contributed by atoms with Gasteiger partial charge in [0.25, 0.3) is 10.0 Å². The van der Waals surface area contributed by atoms with Gasteiger partial charge in [0.15, 0.2) is 8.68 Å². The number of nitriles is 1. The van der Waals surface area contributed by atoms with Gasteiger partial charge in [-0.05, 0) is 17.7 Å². The summed E-state index contributed by atoms with van der Waals surface area (Å²) in [5, 5.41) is 8.55. The fourth-order valence-electron chi connectivity index (χ4n) is 1.35. The summed E-state index contributed by atoms with van der Waals surface area (Å²) >= 11 is 6.50. The van der Waals surface area contributed by atoms with Crippen LogP contribution in [0, 0.1) is 11.3 Å². The summed E-state index contributed by atoms with van der Waals surface area (Å²) < 4.78 is 26.6. The molecule has 0 amide bonds. The molecule has 0 aliphatic carbocycles. The smallest absolute Gasteiger partial charge is 0.273 e. The van der Waals surface area contributed by atoms with E-state index >= 15 is 0 Å². The molecule has 19 heavy (non-hydrogen) atoms. The van der Waals surface area contributed by atoms with Crippen LogP contribution in [-0.2, 0) is 16.4 Å². The maximum atomic E-state index is 12.0. The predicted octanol–water partition coefficient (Wildman–Crippen LogP) is 2.66. The number of halogens is 1. The predicted molar refractivity (Wildman–Crippen MR) is 73.7 cm³/mol. The third-order valence-corrected chi connectivity index (χ3v) is 5.17. The van der Waals surface area contributed by atoms with E-state index in [1.807, 2.05) is 6.07 Å². The lowest BCUT2D eigenvalue weighted by Crippen LogP contribution is -2.11. The highest BCUT2D eigenvalue weighted by atomic mass is 35.5. The lowest BCUT2D eigenvalue weighted by molar-refractivity contribution is 0.603. The van der Waals surface area contributed by atoms with Crippen LogP contribution in [0.3, 0.4) is 0 Å². The first kappa shape index (κ1) is 13.8. The number of rotatable bonds is 4. The van der Waals surface area contributed by atoms with Crippen LogP contribution in [0.1, 0.15) is 5.56 Å². The Morgan fingerprint density at radius 2 is 2.05 bits per heavy atom. The molecule has 0 spiro atoms.